The molecule has 0 bridgehead atoms. The third-order valence-electron chi connectivity index (χ3n) is 1.71. The van der Waals surface area contributed by atoms with Crippen LogP contribution in [0, 0.1) is 3.57 Å². The number of hydrogen-bond donors (Lipinski definition) is 0. The molecule has 0 spiro atoms. The average Bonchev–Trinajstić information content (AvgIpc) is 2.20. The fourth-order valence-electron chi connectivity index (χ4n) is 1.09. The lowest BCUT2D eigenvalue weighted by molar-refractivity contribution is 0.112. The van der Waals surface area contributed by atoms with Crippen molar-refractivity contribution in [1.29, 1.82) is 0 Å². The molecule has 4 heteroatoms. The van der Waals surface area contributed by atoms with Crippen LogP contribution in [0.25, 0.3) is 0 Å². The highest BCUT2D eigenvalue weighted by atomic mass is 127. The van der Waals surface area contributed by atoms with Gasteiger partial charge in [-0.3, -0.25) is 4.79 Å². The number of benzene rings is 1. The molecule has 0 aliphatic heterocycles. The summed E-state index contributed by atoms with van der Waals surface area (Å²) in [6, 6.07) is 3.48. The molecule has 1 aromatic carbocycles. The van der Waals surface area contributed by atoms with Crippen LogP contribution in [0.4, 0.5) is 0 Å². The molecule has 0 aromatic heterocycles. The van der Waals surface area contributed by atoms with Crippen molar-refractivity contribution < 1.29 is 14.3 Å². The minimum atomic E-state index is 0.511. The molecule has 0 heterocycles. The SMILES string of the molecule is CCOc1cc(C=O)c(OC)cc1I. The van der Waals surface area contributed by atoms with Gasteiger partial charge in [-0.1, -0.05) is 0 Å². The van der Waals surface area contributed by atoms with Crippen molar-refractivity contribution in [3.05, 3.63) is 21.3 Å². The van der Waals surface area contributed by atoms with Gasteiger partial charge in [0.25, 0.3) is 0 Å². The number of aldehydes is 1. The van der Waals surface area contributed by atoms with Crippen LogP contribution in [0.1, 0.15) is 17.3 Å². The van der Waals surface area contributed by atoms with E-state index in [1.165, 1.54) is 0 Å². The molecule has 0 aliphatic rings. The zero-order valence-corrected chi connectivity index (χ0v) is 10.2. The Morgan fingerprint density at radius 1 is 1.43 bits per heavy atom. The van der Waals surface area contributed by atoms with E-state index in [1.54, 1.807) is 19.2 Å². The Balaban J connectivity index is 3.16. The van der Waals surface area contributed by atoms with Crippen molar-refractivity contribution in [1.82, 2.24) is 0 Å². The van der Waals surface area contributed by atoms with E-state index in [9.17, 15) is 4.79 Å². The lowest BCUT2D eigenvalue weighted by atomic mass is 10.2. The fraction of sp³-hybridized carbons (Fsp3) is 0.300. The van der Waals surface area contributed by atoms with Gasteiger partial charge in [0.1, 0.15) is 11.5 Å². The summed E-state index contributed by atoms with van der Waals surface area (Å²) in [4.78, 5) is 10.7. The van der Waals surface area contributed by atoms with Gasteiger partial charge in [-0.15, -0.1) is 0 Å². The van der Waals surface area contributed by atoms with Crippen molar-refractivity contribution in [2.75, 3.05) is 13.7 Å². The second-order valence-electron chi connectivity index (χ2n) is 2.58. The van der Waals surface area contributed by atoms with E-state index in [4.69, 9.17) is 9.47 Å². The van der Waals surface area contributed by atoms with Crippen LogP contribution in [0.5, 0.6) is 11.5 Å². The van der Waals surface area contributed by atoms with E-state index < -0.39 is 0 Å². The Labute approximate surface area is 96.5 Å². The minimum Gasteiger partial charge on any atom is -0.496 e. The first kappa shape index (κ1) is 11.3. The van der Waals surface area contributed by atoms with Crippen LogP contribution in [0.15, 0.2) is 12.1 Å². The van der Waals surface area contributed by atoms with Gasteiger partial charge >= 0.3 is 0 Å². The van der Waals surface area contributed by atoms with Crippen molar-refractivity contribution in [2.45, 2.75) is 6.92 Å². The van der Waals surface area contributed by atoms with Crippen molar-refractivity contribution in [2.24, 2.45) is 0 Å². The normalized spacial score (nSPS) is 9.64. The topological polar surface area (TPSA) is 35.5 Å². The third-order valence-corrected chi connectivity index (χ3v) is 2.55. The maximum Gasteiger partial charge on any atom is 0.153 e. The first-order valence-corrected chi connectivity index (χ1v) is 5.26. The molecule has 0 saturated heterocycles. The smallest absolute Gasteiger partial charge is 0.153 e. The molecule has 0 aliphatic carbocycles. The lowest BCUT2D eigenvalue weighted by Crippen LogP contribution is -1.97. The predicted octanol–water partition coefficient (Wildman–Crippen LogP) is 2.51. The number of ether oxygens (including phenoxy) is 2. The van der Waals surface area contributed by atoms with E-state index in [0.29, 0.717) is 17.9 Å². The van der Waals surface area contributed by atoms with Gasteiger partial charge < -0.3 is 9.47 Å². The Hall–Kier alpha value is -0.780. The number of methoxy groups -OCH3 is 1. The van der Waals surface area contributed by atoms with Gasteiger partial charge in [0.05, 0.1) is 22.9 Å². The van der Waals surface area contributed by atoms with Crippen LogP contribution >= 0.6 is 22.6 Å². The van der Waals surface area contributed by atoms with Crippen LogP contribution in [-0.4, -0.2) is 20.0 Å². The van der Waals surface area contributed by atoms with Gasteiger partial charge in [-0.05, 0) is 41.6 Å². The summed E-state index contributed by atoms with van der Waals surface area (Å²) in [5.74, 6) is 1.30. The maximum absolute atomic E-state index is 10.7. The van der Waals surface area contributed by atoms with Gasteiger partial charge in [0, 0.05) is 0 Å². The fourth-order valence-corrected chi connectivity index (χ4v) is 1.68. The summed E-state index contributed by atoms with van der Waals surface area (Å²) >= 11 is 2.14. The third kappa shape index (κ3) is 2.37. The molecule has 3 nitrogen and oxygen atoms in total. The second-order valence-corrected chi connectivity index (χ2v) is 3.74. The molecular weight excluding hydrogens is 295 g/mol. The number of carbonyl (C=O) groups is 1. The summed E-state index contributed by atoms with van der Waals surface area (Å²) in [6.07, 6.45) is 0.761. The molecular formula is C10H11IO3. The van der Waals surface area contributed by atoms with Crippen molar-refractivity contribution in [3.8, 4) is 11.5 Å². The summed E-state index contributed by atoms with van der Waals surface area (Å²) in [6.45, 7) is 2.49. The quantitative estimate of drug-likeness (QED) is 0.633. The maximum atomic E-state index is 10.7. The second kappa shape index (κ2) is 5.19. The van der Waals surface area contributed by atoms with Crippen molar-refractivity contribution in [3.63, 3.8) is 0 Å². The largest absolute Gasteiger partial charge is 0.496 e. The van der Waals surface area contributed by atoms with E-state index in [-0.39, 0.29) is 0 Å². The molecule has 0 N–H and O–H groups in total. The van der Waals surface area contributed by atoms with E-state index in [1.807, 2.05) is 6.92 Å². The monoisotopic (exact) mass is 306 g/mol. The Kier molecular flexibility index (Phi) is 4.19. The Bertz CT molecular complexity index is 336. The molecule has 76 valence electrons. The number of halogens is 1. The molecule has 14 heavy (non-hydrogen) atoms. The van der Waals surface area contributed by atoms with Crippen LogP contribution in [0.3, 0.4) is 0 Å². The molecule has 0 atom stereocenters. The molecule has 0 amide bonds. The molecule has 1 aromatic rings. The van der Waals surface area contributed by atoms with Gasteiger partial charge in [0.2, 0.25) is 0 Å². The lowest BCUT2D eigenvalue weighted by Gasteiger charge is -2.09. The first-order chi connectivity index (χ1) is 6.72. The Morgan fingerprint density at radius 3 is 2.64 bits per heavy atom. The highest BCUT2D eigenvalue weighted by Gasteiger charge is 2.08. The summed E-state index contributed by atoms with van der Waals surface area (Å²) in [7, 11) is 1.54. The number of carbonyl (C=O) groups excluding carboxylic acids is 1. The van der Waals surface area contributed by atoms with Crippen LogP contribution in [-0.2, 0) is 0 Å². The molecule has 0 saturated carbocycles. The average molecular weight is 306 g/mol. The number of hydrogen-bond acceptors (Lipinski definition) is 3. The molecule has 1 rings (SSSR count). The number of rotatable bonds is 4. The van der Waals surface area contributed by atoms with E-state index in [2.05, 4.69) is 22.6 Å². The zero-order valence-electron chi connectivity index (χ0n) is 8.04. The summed E-state index contributed by atoms with van der Waals surface area (Å²) < 4.78 is 11.4. The molecule has 0 radical (unpaired) electrons. The van der Waals surface area contributed by atoms with Gasteiger partial charge in [0.15, 0.2) is 6.29 Å². The van der Waals surface area contributed by atoms with Crippen LogP contribution in [0.2, 0.25) is 0 Å². The standard InChI is InChI=1S/C10H11IO3/c1-3-14-10-4-7(6-12)9(13-2)5-8(10)11/h4-6H,3H2,1-2H3. The first-order valence-electron chi connectivity index (χ1n) is 4.18. The van der Waals surface area contributed by atoms with Gasteiger partial charge in [-0.2, -0.15) is 0 Å². The predicted molar refractivity (Wildman–Crippen MR) is 62.3 cm³/mol. The van der Waals surface area contributed by atoms with E-state index >= 15 is 0 Å². The minimum absolute atomic E-state index is 0.511. The zero-order chi connectivity index (χ0) is 10.6. The summed E-state index contributed by atoms with van der Waals surface area (Å²) in [5.41, 5.74) is 0.511. The molecule has 0 unspecified atom stereocenters. The summed E-state index contributed by atoms with van der Waals surface area (Å²) in [5, 5.41) is 0. The highest BCUT2D eigenvalue weighted by molar-refractivity contribution is 14.1. The Morgan fingerprint density at radius 2 is 2.14 bits per heavy atom. The highest BCUT2D eigenvalue weighted by Crippen LogP contribution is 2.28. The van der Waals surface area contributed by atoms with E-state index in [0.717, 1.165) is 15.6 Å². The molecule has 0 fully saturated rings. The van der Waals surface area contributed by atoms with Gasteiger partial charge in [-0.25, -0.2) is 0 Å². The van der Waals surface area contributed by atoms with Crippen LogP contribution < -0.4 is 9.47 Å². The van der Waals surface area contributed by atoms with Crippen molar-refractivity contribution >= 4 is 28.9 Å².